The Balaban J connectivity index is 1.38. The highest BCUT2D eigenvalue weighted by molar-refractivity contribution is 7.08. The summed E-state index contributed by atoms with van der Waals surface area (Å²) in [6.45, 7) is 6.29. The van der Waals surface area contributed by atoms with Gasteiger partial charge in [0.1, 0.15) is 5.75 Å². The van der Waals surface area contributed by atoms with Crippen LogP contribution in [-0.4, -0.2) is 30.5 Å². The first kappa shape index (κ1) is 21.9. The zero-order chi connectivity index (χ0) is 21.8. The third-order valence-electron chi connectivity index (χ3n) is 5.80. The SMILES string of the molecule is Cc1cc(OCC(=O)NCC(c2ccsc2)N2CCc3ccccc3C2)cc(C)c1Cl. The summed E-state index contributed by atoms with van der Waals surface area (Å²) >= 11 is 7.90. The quantitative estimate of drug-likeness (QED) is 0.525. The Labute approximate surface area is 192 Å². The topological polar surface area (TPSA) is 41.6 Å². The summed E-state index contributed by atoms with van der Waals surface area (Å²) in [4.78, 5) is 15.0. The Hall–Kier alpha value is -2.34. The van der Waals surface area contributed by atoms with Gasteiger partial charge in [-0.15, -0.1) is 0 Å². The van der Waals surface area contributed by atoms with E-state index in [2.05, 4.69) is 51.3 Å². The standard InChI is InChI=1S/C25H27ClN2O2S/c1-17-11-22(12-18(2)25(17)26)30-15-24(29)27-13-23(21-8-10-31-16-21)28-9-7-19-5-3-4-6-20(19)14-28/h3-6,8,10-12,16,23H,7,9,13-15H2,1-2H3,(H,27,29). The van der Waals surface area contributed by atoms with Crippen molar-refractivity contribution < 1.29 is 9.53 Å². The second-order valence-corrected chi connectivity index (χ2v) is 9.18. The molecule has 1 unspecified atom stereocenters. The number of carbonyl (C=O) groups is 1. The van der Waals surface area contributed by atoms with E-state index in [4.69, 9.17) is 16.3 Å². The van der Waals surface area contributed by atoms with Crippen molar-refractivity contribution in [3.05, 3.63) is 86.1 Å². The molecule has 0 aliphatic carbocycles. The van der Waals surface area contributed by atoms with E-state index in [-0.39, 0.29) is 18.6 Å². The number of fused-ring (bicyclic) bond motifs is 1. The van der Waals surface area contributed by atoms with Crippen LogP contribution in [0.3, 0.4) is 0 Å². The van der Waals surface area contributed by atoms with Gasteiger partial charge in [0.05, 0.1) is 6.04 Å². The molecular weight excluding hydrogens is 428 g/mol. The Morgan fingerprint density at radius 2 is 1.94 bits per heavy atom. The maximum atomic E-state index is 12.5. The van der Waals surface area contributed by atoms with Crippen molar-refractivity contribution >= 4 is 28.8 Å². The molecule has 6 heteroatoms. The second kappa shape index (κ2) is 9.86. The lowest BCUT2D eigenvalue weighted by Gasteiger charge is -2.35. The van der Waals surface area contributed by atoms with Crippen LogP contribution in [0.2, 0.25) is 5.02 Å². The molecule has 0 fully saturated rings. The fourth-order valence-electron chi connectivity index (χ4n) is 4.11. The Kier molecular flexibility index (Phi) is 6.96. The van der Waals surface area contributed by atoms with Crippen LogP contribution >= 0.6 is 22.9 Å². The highest BCUT2D eigenvalue weighted by Crippen LogP contribution is 2.29. The van der Waals surface area contributed by atoms with Crippen LogP contribution < -0.4 is 10.1 Å². The van der Waals surface area contributed by atoms with E-state index in [0.29, 0.717) is 12.3 Å². The molecule has 3 aromatic rings. The van der Waals surface area contributed by atoms with Crippen LogP contribution in [0.4, 0.5) is 0 Å². The maximum Gasteiger partial charge on any atom is 0.258 e. The van der Waals surface area contributed by atoms with Crippen LogP contribution in [-0.2, 0) is 17.8 Å². The van der Waals surface area contributed by atoms with E-state index in [0.717, 1.165) is 35.7 Å². The highest BCUT2D eigenvalue weighted by atomic mass is 35.5. The smallest absolute Gasteiger partial charge is 0.258 e. The van der Waals surface area contributed by atoms with Gasteiger partial charge >= 0.3 is 0 Å². The molecule has 1 amide bonds. The number of benzene rings is 2. The number of amides is 1. The van der Waals surface area contributed by atoms with Crippen LogP contribution in [0.25, 0.3) is 0 Å². The normalized spacial score (nSPS) is 14.7. The van der Waals surface area contributed by atoms with Gasteiger partial charge in [-0.05, 0) is 77.0 Å². The molecule has 0 saturated heterocycles. The number of thiophene rings is 1. The van der Waals surface area contributed by atoms with Gasteiger partial charge in [-0.3, -0.25) is 9.69 Å². The molecule has 1 aromatic heterocycles. The number of nitrogens with one attached hydrogen (secondary N) is 1. The summed E-state index contributed by atoms with van der Waals surface area (Å²) in [5.74, 6) is 0.541. The molecule has 4 nitrogen and oxygen atoms in total. The van der Waals surface area contributed by atoms with E-state index in [1.165, 1.54) is 16.7 Å². The van der Waals surface area contributed by atoms with Gasteiger partial charge in [0.25, 0.3) is 5.91 Å². The second-order valence-electron chi connectivity index (χ2n) is 8.03. The van der Waals surface area contributed by atoms with E-state index < -0.39 is 0 Å². The average Bonchev–Trinajstić information content (AvgIpc) is 3.30. The molecule has 1 aliphatic heterocycles. The molecule has 2 aromatic carbocycles. The first-order valence-corrected chi connectivity index (χ1v) is 11.8. The molecule has 0 radical (unpaired) electrons. The molecule has 1 atom stereocenters. The summed E-state index contributed by atoms with van der Waals surface area (Å²) in [5.41, 5.74) is 5.93. The number of hydrogen-bond donors (Lipinski definition) is 1. The number of aryl methyl sites for hydroxylation is 2. The van der Waals surface area contributed by atoms with Crippen molar-refractivity contribution in [1.82, 2.24) is 10.2 Å². The number of ether oxygens (including phenoxy) is 1. The predicted molar refractivity (Wildman–Crippen MR) is 127 cm³/mol. The molecule has 0 spiro atoms. The number of halogens is 1. The minimum atomic E-state index is -0.122. The molecule has 0 bridgehead atoms. The maximum absolute atomic E-state index is 12.5. The predicted octanol–water partition coefficient (Wildman–Crippen LogP) is 5.31. The fourth-order valence-corrected chi connectivity index (χ4v) is 4.92. The molecule has 31 heavy (non-hydrogen) atoms. The lowest BCUT2D eigenvalue weighted by molar-refractivity contribution is -0.123. The van der Waals surface area contributed by atoms with Crippen molar-refractivity contribution in [3.63, 3.8) is 0 Å². The van der Waals surface area contributed by atoms with Gasteiger partial charge in [0.2, 0.25) is 0 Å². The highest BCUT2D eigenvalue weighted by Gasteiger charge is 2.25. The number of nitrogens with zero attached hydrogens (tertiary/aromatic N) is 1. The lowest BCUT2D eigenvalue weighted by atomic mass is 9.97. The summed E-state index contributed by atoms with van der Waals surface area (Å²) in [6.07, 6.45) is 1.03. The third-order valence-corrected chi connectivity index (χ3v) is 7.10. The summed E-state index contributed by atoms with van der Waals surface area (Å²) < 4.78 is 5.72. The molecule has 2 heterocycles. The van der Waals surface area contributed by atoms with Crippen molar-refractivity contribution in [2.24, 2.45) is 0 Å². The van der Waals surface area contributed by atoms with Crippen LogP contribution in [0.1, 0.15) is 33.9 Å². The summed E-state index contributed by atoms with van der Waals surface area (Å²) in [5, 5.41) is 8.08. The van der Waals surface area contributed by atoms with Gasteiger partial charge in [-0.2, -0.15) is 11.3 Å². The van der Waals surface area contributed by atoms with Gasteiger partial charge < -0.3 is 10.1 Å². The monoisotopic (exact) mass is 454 g/mol. The van der Waals surface area contributed by atoms with Crippen LogP contribution in [0.5, 0.6) is 5.75 Å². The van der Waals surface area contributed by atoms with E-state index >= 15 is 0 Å². The van der Waals surface area contributed by atoms with Crippen molar-refractivity contribution in [1.29, 1.82) is 0 Å². The average molecular weight is 455 g/mol. The molecule has 1 N–H and O–H groups in total. The van der Waals surface area contributed by atoms with Gasteiger partial charge in [0, 0.05) is 24.7 Å². The van der Waals surface area contributed by atoms with Crippen molar-refractivity contribution in [3.8, 4) is 5.75 Å². The minimum Gasteiger partial charge on any atom is -0.484 e. The third kappa shape index (κ3) is 5.29. The molecule has 162 valence electrons. The van der Waals surface area contributed by atoms with Crippen LogP contribution in [0, 0.1) is 13.8 Å². The molecule has 4 rings (SSSR count). The van der Waals surface area contributed by atoms with Gasteiger partial charge in [0.15, 0.2) is 6.61 Å². The Morgan fingerprint density at radius 3 is 2.65 bits per heavy atom. The van der Waals surface area contributed by atoms with E-state index in [1.54, 1.807) is 11.3 Å². The van der Waals surface area contributed by atoms with E-state index in [1.807, 2.05) is 26.0 Å². The van der Waals surface area contributed by atoms with Gasteiger partial charge in [-0.25, -0.2) is 0 Å². The summed E-state index contributed by atoms with van der Waals surface area (Å²) in [6, 6.07) is 14.6. The number of hydrogen-bond acceptors (Lipinski definition) is 4. The van der Waals surface area contributed by atoms with Crippen molar-refractivity contribution in [2.45, 2.75) is 32.9 Å². The number of carbonyl (C=O) groups excluding carboxylic acids is 1. The Bertz CT molecular complexity index is 1030. The Morgan fingerprint density at radius 1 is 1.19 bits per heavy atom. The largest absolute Gasteiger partial charge is 0.484 e. The zero-order valence-corrected chi connectivity index (χ0v) is 19.4. The lowest BCUT2D eigenvalue weighted by Crippen LogP contribution is -2.41. The number of rotatable bonds is 7. The first-order valence-electron chi connectivity index (χ1n) is 10.5. The van der Waals surface area contributed by atoms with Gasteiger partial charge in [-0.1, -0.05) is 35.9 Å². The van der Waals surface area contributed by atoms with Crippen LogP contribution in [0.15, 0.2) is 53.2 Å². The zero-order valence-electron chi connectivity index (χ0n) is 17.9. The first-order chi connectivity index (χ1) is 15.0. The molecule has 0 saturated carbocycles. The minimum absolute atomic E-state index is 0.0142. The molecule has 1 aliphatic rings. The summed E-state index contributed by atoms with van der Waals surface area (Å²) in [7, 11) is 0. The fraction of sp³-hybridized carbons (Fsp3) is 0.320. The van der Waals surface area contributed by atoms with Crippen molar-refractivity contribution in [2.75, 3.05) is 19.7 Å². The van der Waals surface area contributed by atoms with E-state index in [9.17, 15) is 4.79 Å². The molecular formula is C25H27ClN2O2S.